The van der Waals surface area contributed by atoms with Crippen LogP contribution in [-0.2, 0) is 4.79 Å². The van der Waals surface area contributed by atoms with Crippen molar-refractivity contribution >= 4 is 28.7 Å². The lowest BCUT2D eigenvalue weighted by Gasteiger charge is -2.28. The molecule has 6 nitrogen and oxygen atoms in total. The summed E-state index contributed by atoms with van der Waals surface area (Å²) in [6.07, 6.45) is 3.53. The maximum absolute atomic E-state index is 15.6. The van der Waals surface area contributed by atoms with Crippen LogP contribution in [0.3, 0.4) is 0 Å². The average molecular weight is 421 g/mol. The number of hydrogen-bond donors (Lipinski definition) is 2. The predicted octanol–water partition coefficient (Wildman–Crippen LogP) is 3.76. The van der Waals surface area contributed by atoms with E-state index >= 15 is 4.39 Å². The van der Waals surface area contributed by atoms with Gasteiger partial charge >= 0.3 is 0 Å². The van der Waals surface area contributed by atoms with E-state index in [0.717, 1.165) is 16.7 Å². The molecule has 3 aromatic rings. The van der Waals surface area contributed by atoms with E-state index in [4.69, 9.17) is 10.5 Å². The van der Waals surface area contributed by atoms with Gasteiger partial charge in [0.2, 0.25) is 5.91 Å². The van der Waals surface area contributed by atoms with Gasteiger partial charge in [0, 0.05) is 42.6 Å². The van der Waals surface area contributed by atoms with Gasteiger partial charge in [0.1, 0.15) is 5.75 Å². The second kappa shape index (κ2) is 8.73. The summed E-state index contributed by atoms with van der Waals surface area (Å²) in [6.45, 7) is 1.18. The summed E-state index contributed by atoms with van der Waals surface area (Å²) in [5, 5.41) is 0.598. The summed E-state index contributed by atoms with van der Waals surface area (Å²) in [6, 6.07) is 10.9. The number of amides is 1. The monoisotopic (exact) mass is 421 g/mol. The Balaban J connectivity index is 1.89. The number of aromatic nitrogens is 1. The summed E-state index contributed by atoms with van der Waals surface area (Å²) in [7, 11) is 1.58. The van der Waals surface area contributed by atoms with Crippen molar-refractivity contribution in [3.8, 4) is 16.9 Å². The van der Waals surface area contributed by atoms with Crippen LogP contribution < -0.4 is 10.5 Å². The minimum atomic E-state index is -0.443. The molecule has 0 spiro atoms. The third-order valence-corrected chi connectivity index (χ3v) is 5.61. The highest BCUT2D eigenvalue weighted by atomic mass is 19.1. The topological polar surface area (TPSA) is 88.4 Å². The highest BCUT2D eigenvalue weighted by Crippen LogP contribution is 2.39. The Kier molecular flexibility index (Phi) is 5.86. The first kappa shape index (κ1) is 20.8. The van der Waals surface area contributed by atoms with Gasteiger partial charge in [-0.05, 0) is 35.8 Å². The Morgan fingerprint density at radius 3 is 2.81 bits per heavy atom. The van der Waals surface area contributed by atoms with Crippen LogP contribution in [0.4, 0.5) is 4.39 Å². The fourth-order valence-electron chi connectivity index (χ4n) is 4.10. The zero-order valence-corrected chi connectivity index (χ0v) is 17.3. The van der Waals surface area contributed by atoms with Crippen LogP contribution in [0, 0.1) is 5.82 Å². The van der Waals surface area contributed by atoms with Gasteiger partial charge in [0.05, 0.1) is 18.3 Å². The Morgan fingerprint density at radius 1 is 1.26 bits per heavy atom. The molecule has 1 aliphatic heterocycles. The second-order valence-corrected chi connectivity index (χ2v) is 7.49. The number of nitrogens with one attached hydrogen (secondary N) is 1. The molecule has 0 unspecified atom stereocenters. The van der Waals surface area contributed by atoms with E-state index < -0.39 is 5.82 Å². The van der Waals surface area contributed by atoms with Crippen LogP contribution in [0.1, 0.15) is 28.9 Å². The number of benzene rings is 2. The Hall–Kier alpha value is -3.45. The van der Waals surface area contributed by atoms with Crippen LogP contribution in [0.25, 0.3) is 27.6 Å². The molecular formula is C24H24FN3O3. The molecule has 2 aromatic carbocycles. The molecule has 4 rings (SSSR count). The largest absolute Gasteiger partial charge is 0.496 e. The molecule has 31 heavy (non-hydrogen) atoms. The first-order chi connectivity index (χ1) is 15.1. The van der Waals surface area contributed by atoms with Gasteiger partial charge in [-0.2, -0.15) is 0 Å². The average Bonchev–Trinajstić information content (AvgIpc) is 3.25. The lowest BCUT2D eigenvalue weighted by atomic mass is 9.93. The zero-order valence-electron chi connectivity index (χ0n) is 17.3. The van der Waals surface area contributed by atoms with E-state index in [2.05, 4.69) is 4.98 Å². The van der Waals surface area contributed by atoms with Gasteiger partial charge in [0.25, 0.3) is 0 Å². The predicted molar refractivity (Wildman–Crippen MR) is 118 cm³/mol. The van der Waals surface area contributed by atoms with Crippen LogP contribution in [0.15, 0.2) is 42.5 Å². The van der Waals surface area contributed by atoms with Crippen molar-refractivity contribution in [1.82, 2.24) is 9.88 Å². The van der Waals surface area contributed by atoms with Crippen molar-refractivity contribution in [2.24, 2.45) is 5.73 Å². The van der Waals surface area contributed by atoms with Crippen molar-refractivity contribution < 1.29 is 18.7 Å². The molecule has 0 saturated carbocycles. The summed E-state index contributed by atoms with van der Waals surface area (Å²) in [5.74, 6) is 0.163. The second-order valence-electron chi connectivity index (χ2n) is 7.49. The lowest BCUT2D eigenvalue weighted by Crippen LogP contribution is -2.36. The SMILES string of the molecule is COc1ccccc1-c1cc(C2=CCCN(C(=O)CCN)C2)c(F)c2[nH]c(C=O)cc12. The standard InChI is InChI=1S/C24H24FN3O3/c1-31-21-7-3-2-6-17(21)19-12-18(23(25)24-20(19)11-16(14-29)27-24)15-5-4-10-28(13-15)22(30)8-9-26/h2-3,5-7,11-12,14,27H,4,8-10,13,26H2,1H3. The number of fused-ring (bicyclic) bond motifs is 1. The van der Waals surface area contributed by atoms with Gasteiger partial charge in [-0.25, -0.2) is 4.39 Å². The number of aldehydes is 1. The normalized spacial score (nSPS) is 13.9. The highest BCUT2D eigenvalue weighted by Gasteiger charge is 2.24. The van der Waals surface area contributed by atoms with E-state index in [0.29, 0.717) is 48.2 Å². The number of ether oxygens (including phenoxy) is 1. The smallest absolute Gasteiger partial charge is 0.224 e. The third-order valence-electron chi connectivity index (χ3n) is 5.61. The molecule has 3 N–H and O–H groups in total. The lowest BCUT2D eigenvalue weighted by molar-refractivity contribution is -0.130. The number of para-hydroxylation sites is 1. The van der Waals surface area contributed by atoms with Gasteiger partial charge < -0.3 is 20.4 Å². The van der Waals surface area contributed by atoms with Gasteiger partial charge in [0.15, 0.2) is 12.1 Å². The van der Waals surface area contributed by atoms with E-state index in [1.54, 1.807) is 24.1 Å². The van der Waals surface area contributed by atoms with Crippen molar-refractivity contribution in [1.29, 1.82) is 0 Å². The van der Waals surface area contributed by atoms with Crippen molar-refractivity contribution in [3.63, 3.8) is 0 Å². The number of carbonyl (C=O) groups is 2. The van der Waals surface area contributed by atoms with E-state index in [1.165, 1.54) is 0 Å². The van der Waals surface area contributed by atoms with Crippen LogP contribution in [-0.4, -0.2) is 48.8 Å². The van der Waals surface area contributed by atoms with Crippen molar-refractivity contribution in [3.05, 3.63) is 59.5 Å². The molecule has 1 aromatic heterocycles. The van der Waals surface area contributed by atoms with Crippen LogP contribution >= 0.6 is 0 Å². The van der Waals surface area contributed by atoms with E-state index in [-0.39, 0.29) is 24.4 Å². The molecule has 1 aliphatic rings. The molecular weight excluding hydrogens is 397 g/mol. The molecule has 160 valence electrons. The molecule has 0 saturated heterocycles. The summed E-state index contributed by atoms with van der Waals surface area (Å²) in [4.78, 5) is 28.3. The molecule has 0 aliphatic carbocycles. The minimum absolute atomic E-state index is 0.0392. The van der Waals surface area contributed by atoms with Crippen molar-refractivity contribution in [2.75, 3.05) is 26.7 Å². The van der Waals surface area contributed by atoms with Crippen LogP contribution in [0.5, 0.6) is 5.75 Å². The number of halogens is 1. The minimum Gasteiger partial charge on any atom is -0.496 e. The Bertz CT molecular complexity index is 1180. The Morgan fingerprint density at radius 2 is 2.06 bits per heavy atom. The number of nitrogens with zero attached hydrogens (tertiary/aromatic N) is 1. The third kappa shape index (κ3) is 3.84. The molecule has 1 amide bonds. The maximum Gasteiger partial charge on any atom is 0.224 e. The van der Waals surface area contributed by atoms with Gasteiger partial charge in [-0.15, -0.1) is 0 Å². The first-order valence-corrected chi connectivity index (χ1v) is 10.2. The summed E-state index contributed by atoms with van der Waals surface area (Å²) < 4.78 is 21.1. The number of rotatable bonds is 6. The first-order valence-electron chi connectivity index (χ1n) is 10.2. The molecule has 0 radical (unpaired) electrons. The quantitative estimate of drug-likeness (QED) is 0.593. The number of hydrogen-bond acceptors (Lipinski definition) is 4. The van der Waals surface area contributed by atoms with Gasteiger partial charge in [-0.1, -0.05) is 24.3 Å². The maximum atomic E-state index is 15.6. The summed E-state index contributed by atoms with van der Waals surface area (Å²) in [5.41, 5.74) is 8.75. The van der Waals surface area contributed by atoms with E-state index in [9.17, 15) is 9.59 Å². The molecule has 7 heteroatoms. The molecule has 0 bridgehead atoms. The number of H-pyrrole nitrogens is 1. The highest BCUT2D eigenvalue weighted by molar-refractivity contribution is 6.02. The fourth-order valence-corrected chi connectivity index (χ4v) is 4.10. The number of nitrogens with two attached hydrogens (primary N) is 1. The number of aromatic amines is 1. The van der Waals surface area contributed by atoms with E-state index in [1.807, 2.05) is 30.3 Å². The molecule has 0 fully saturated rings. The summed E-state index contributed by atoms with van der Waals surface area (Å²) >= 11 is 0. The fraction of sp³-hybridized carbons (Fsp3) is 0.250. The zero-order chi connectivity index (χ0) is 22.0. The Labute approximate surface area is 179 Å². The molecule has 0 atom stereocenters. The van der Waals surface area contributed by atoms with Crippen LogP contribution in [0.2, 0.25) is 0 Å². The number of carbonyl (C=O) groups excluding carboxylic acids is 2. The van der Waals surface area contributed by atoms with Gasteiger partial charge in [-0.3, -0.25) is 9.59 Å². The number of methoxy groups -OCH3 is 1. The molecule has 2 heterocycles. The van der Waals surface area contributed by atoms with Crippen molar-refractivity contribution in [2.45, 2.75) is 12.8 Å².